The second-order valence-electron chi connectivity index (χ2n) is 8.62. The minimum Gasteiger partial charge on any atom is -0.444 e. The van der Waals surface area contributed by atoms with Gasteiger partial charge in [-0.15, -0.1) is 0 Å². The normalized spacial score (nSPS) is 21.6. The number of amides is 2. The zero-order chi connectivity index (χ0) is 23.6. The van der Waals surface area contributed by atoms with Crippen LogP contribution < -0.4 is 16.3 Å². The van der Waals surface area contributed by atoms with Gasteiger partial charge < -0.3 is 25.2 Å². The second kappa shape index (κ2) is 9.27. The number of alkyl carbamates (subject to hydrolysis) is 1. The molecule has 0 radical (unpaired) electrons. The molecule has 2 heterocycles. The Kier molecular flexibility index (Phi) is 7.37. The van der Waals surface area contributed by atoms with Crippen molar-refractivity contribution in [2.75, 3.05) is 11.9 Å². The lowest BCUT2D eigenvalue weighted by Gasteiger charge is -2.25. The lowest BCUT2D eigenvalue weighted by atomic mass is 10.0. The van der Waals surface area contributed by atoms with Gasteiger partial charge in [-0.25, -0.2) is 18.4 Å². The van der Waals surface area contributed by atoms with Gasteiger partial charge in [0.25, 0.3) is 5.92 Å². The van der Waals surface area contributed by atoms with Crippen LogP contribution in [0.3, 0.4) is 0 Å². The van der Waals surface area contributed by atoms with Crippen molar-refractivity contribution < 1.29 is 33.0 Å². The molecule has 1 fully saturated rings. The Morgan fingerprint density at radius 2 is 2.06 bits per heavy atom. The SMILES string of the molecule is CC(C)C(NC(=O)OC(C)(C)C)C(=O)Nc1ccn([C@@H]2O[C@@H](CO)CC2(F)F)c(=O)n1. The molecule has 31 heavy (non-hydrogen) atoms. The minimum atomic E-state index is -3.37. The Bertz CT molecular complexity index is 868. The smallest absolute Gasteiger partial charge is 0.408 e. The first-order valence-corrected chi connectivity index (χ1v) is 9.77. The Morgan fingerprint density at radius 1 is 1.42 bits per heavy atom. The molecule has 1 aromatic heterocycles. The van der Waals surface area contributed by atoms with Crippen molar-refractivity contribution in [1.29, 1.82) is 0 Å². The number of carbonyl (C=O) groups excluding carboxylic acids is 2. The highest BCUT2D eigenvalue weighted by molar-refractivity contribution is 5.96. The summed E-state index contributed by atoms with van der Waals surface area (Å²) >= 11 is 0. The quantitative estimate of drug-likeness (QED) is 0.605. The summed E-state index contributed by atoms with van der Waals surface area (Å²) in [5.41, 5.74) is -1.82. The fourth-order valence-electron chi connectivity index (χ4n) is 2.95. The highest BCUT2D eigenvalue weighted by atomic mass is 19.3. The monoisotopic (exact) mass is 446 g/mol. The molecule has 174 valence electrons. The molecule has 1 aromatic rings. The highest BCUT2D eigenvalue weighted by Crippen LogP contribution is 2.41. The lowest BCUT2D eigenvalue weighted by Crippen LogP contribution is -2.48. The van der Waals surface area contributed by atoms with E-state index in [2.05, 4.69) is 15.6 Å². The second-order valence-corrected chi connectivity index (χ2v) is 8.62. The molecule has 2 amide bonds. The Hall–Kier alpha value is -2.60. The first kappa shape index (κ1) is 24.7. The zero-order valence-corrected chi connectivity index (χ0v) is 18.0. The first-order chi connectivity index (χ1) is 14.2. The molecular formula is C19H28F2N4O6. The number of hydrogen-bond donors (Lipinski definition) is 3. The molecule has 2 rings (SSSR count). The average molecular weight is 446 g/mol. The van der Waals surface area contributed by atoms with Crippen LogP contribution in [-0.2, 0) is 14.3 Å². The summed E-state index contributed by atoms with van der Waals surface area (Å²) in [7, 11) is 0. The maximum absolute atomic E-state index is 14.1. The van der Waals surface area contributed by atoms with Crippen LogP contribution >= 0.6 is 0 Å². The molecule has 1 aliphatic heterocycles. The number of alkyl halides is 2. The summed E-state index contributed by atoms with van der Waals surface area (Å²) in [6, 6.07) is 0.169. The standard InChI is InChI=1S/C19H28F2N4O6/c1-10(2)13(24-17(29)31-18(3,4)5)14(27)22-12-6-7-25(16(28)23-12)15-19(20,21)8-11(9-26)30-15/h6-7,10-11,13,15,26H,8-9H2,1-5H3,(H,24,29)(H,22,23,27,28)/t11-,13?,15-/m1/s1. The highest BCUT2D eigenvalue weighted by Gasteiger charge is 2.51. The summed E-state index contributed by atoms with van der Waals surface area (Å²) in [5.74, 6) is -4.53. The van der Waals surface area contributed by atoms with Gasteiger partial charge in [-0.1, -0.05) is 13.8 Å². The van der Waals surface area contributed by atoms with Gasteiger partial charge in [-0.05, 0) is 32.8 Å². The van der Waals surface area contributed by atoms with Crippen molar-refractivity contribution in [1.82, 2.24) is 14.9 Å². The minimum absolute atomic E-state index is 0.178. The van der Waals surface area contributed by atoms with E-state index in [-0.39, 0.29) is 11.7 Å². The molecule has 12 heteroatoms. The van der Waals surface area contributed by atoms with Gasteiger partial charge in [-0.2, -0.15) is 4.98 Å². The van der Waals surface area contributed by atoms with Crippen molar-refractivity contribution in [3.63, 3.8) is 0 Å². The van der Waals surface area contributed by atoms with Crippen LogP contribution in [0.25, 0.3) is 0 Å². The number of aliphatic hydroxyl groups is 1. The molecule has 3 N–H and O–H groups in total. The van der Waals surface area contributed by atoms with Gasteiger partial charge in [0.2, 0.25) is 12.1 Å². The molecule has 1 unspecified atom stereocenters. The molecule has 0 aromatic carbocycles. The molecule has 0 spiro atoms. The number of rotatable bonds is 6. The van der Waals surface area contributed by atoms with Gasteiger partial charge in [0, 0.05) is 12.6 Å². The van der Waals surface area contributed by atoms with E-state index in [1.807, 2.05) is 0 Å². The van der Waals surface area contributed by atoms with Gasteiger partial charge in [0.1, 0.15) is 17.5 Å². The molecule has 0 saturated carbocycles. The van der Waals surface area contributed by atoms with E-state index in [0.717, 1.165) is 12.3 Å². The van der Waals surface area contributed by atoms with Crippen LogP contribution in [0.15, 0.2) is 17.1 Å². The third kappa shape index (κ3) is 6.44. The molecule has 0 aliphatic carbocycles. The van der Waals surface area contributed by atoms with E-state index >= 15 is 0 Å². The van der Waals surface area contributed by atoms with Gasteiger partial charge >= 0.3 is 11.8 Å². The first-order valence-electron chi connectivity index (χ1n) is 9.77. The van der Waals surface area contributed by atoms with Gasteiger partial charge in [-0.3, -0.25) is 9.36 Å². The largest absolute Gasteiger partial charge is 0.444 e. The number of aliphatic hydroxyl groups excluding tert-OH is 1. The van der Waals surface area contributed by atoms with E-state index in [9.17, 15) is 23.2 Å². The number of nitrogens with zero attached hydrogens (tertiary/aromatic N) is 2. The number of anilines is 1. The number of carbonyl (C=O) groups is 2. The van der Waals surface area contributed by atoms with Gasteiger partial charge in [0.05, 0.1) is 12.7 Å². The van der Waals surface area contributed by atoms with Crippen LogP contribution in [0.5, 0.6) is 0 Å². The number of aromatic nitrogens is 2. The molecule has 10 nitrogen and oxygen atoms in total. The zero-order valence-electron chi connectivity index (χ0n) is 18.0. The summed E-state index contributed by atoms with van der Waals surface area (Å²) in [5, 5.41) is 13.9. The van der Waals surface area contributed by atoms with Crippen molar-refractivity contribution in [3.8, 4) is 0 Å². The Balaban J connectivity index is 2.13. The third-order valence-corrected chi connectivity index (χ3v) is 4.34. The van der Waals surface area contributed by atoms with Gasteiger partial charge in [0.15, 0.2) is 0 Å². The number of ether oxygens (including phenoxy) is 2. The van der Waals surface area contributed by atoms with E-state index in [4.69, 9.17) is 14.6 Å². The number of halogens is 2. The lowest BCUT2D eigenvalue weighted by molar-refractivity contribution is -0.120. The van der Waals surface area contributed by atoms with E-state index in [1.165, 1.54) is 0 Å². The van der Waals surface area contributed by atoms with Crippen molar-refractivity contribution in [2.45, 2.75) is 70.9 Å². The topological polar surface area (TPSA) is 132 Å². The van der Waals surface area contributed by atoms with E-state index in [0.29, 0.717) is 4.57 Å². The Labute approximate surface area is 177 Å². The molecule has 3 atom stereocenters. The summed E-state index contributed by atoms with van der Waals surface area (Å²) in [6.07, 6.45) is -3.51. The van der Waals surface area contributed by atoms with Crippen LogP contribution in [0.1, 0.15) is 47.3 Å². The molecule has 1 aliphatic rings. The maximum Gasteiger partial charge on any atom is 0.408 e. The van der Waals surface area contributed by atoms with Crippen LogP contribution in [-0.4, -0.2) is 56.9 Å². The number of hydrogen-bond acceptors (Lipinski definition) is 7. The summed E-state index contributed by atoms with van der Waals surface area (Å²) in [6.45, 7) is 7.82. The van der Waals surface area contributed by atoms with Crippen molar-refractivity contribution >= 4 is 17.8 Å². The molecular weight excluding hydrogens is 418 g/mol. The summed E-state index contributed by atoms with van der Waals surface area (Å²) < 4.78 is 39.0. The predicted octanol–water partition coefficient (Wildman–Crippen LogP) is 1.65. The average Bonchev–Trinajstić information content (AvgIpc) is 2.92. The summed E-state index contributed by atoms with van der Waals surface area (Å²) in [4.78, 5) is 40.5. The van der Waals surface area contributed by atoms with Crippen LogP contribution in [0.4, 0.5) is 19.4 Å². The molecule has 1 saturated heterocycles. The van der Waals surface area contributed by atoms with Crippen LogP contribution in [0, 0.1) is 5.92 Å². The fraction of sp³-hybridized carbons (Fsp3) is 0.684. The predicted molar refractivity (Wildman–Crippen MR) is 106 cm³/mol. The van der Waals surface area contributed by atoms with Crippen LogP contribution in [0.2, 0.25) is 0 Å². The Morgan fingerprint density at radius 3 is 2.55 bits per heavy atom. The van der Waals surface area contributed by atoms with Crippen molar-refractivity contribution in [3.05, 3.63) is 22.7 Å². The maximum atomic E-state index is 14.1. The molecule has 0 bridgehead atoms. The third-order valence-electron chi connectivity index (χ3n) is 4.34. The van der Waals surface area contributed by atoms with E-state index < -0.39 is 60.6 Å². The fourth-order valence-corrected chi connectivity index (χ4v) is 2.95. The number of nitrogens with one attached hydrogen (secondary N) is 2. The van der Waals surface area contributed by atoms with Crippen molar-refractivity contribution in [2.24, 2.45) is 5.92 Å². The van der Waals surface area contributed by atoms with E-state index in [1.54, 1.807) is 34.6 Å².